The number of nitrogens with zero attached hydrogens (tertiary/aromatic N) is 9. The molecule has 3 aromatic heterocycles. The zero-order valence-electron chi connectivity index (χ0n) is 28.9. The van der Waals surface area contributed by atoms with Gasteiger partial charge in [-0.15, -0.1) is 5.10 Å². The Labute approximate surface area is 304 Å². The Balaban J connectivity index is 1.27. The number of aliphatic hydroxyl groups is 1. The number of fused-ring (bicyclic) bond motifs is 2. The second-order valence-electron chi connectivity index (χ2n) is 12.8. The second-order valence-corrected chi connectivity index (χ2v) is 13.2. The molecule has 2 aromatic carbocycles. The first-order valence-corrected chi connectivity index (χ1v) is 17.2. The zero-order valence-corrected chi connectivity index (χ0v) is 29.7. The number of hydrogen-bond acceptors (Lipinski definition) is 9. The maximum absolute atomic E-state index is 14.4. The smallest absolute Gasteiger partial charge is 0.416 e. The molecular formula is C35H34ClF3N10O4. The van der Waals surface area contributed by atoms with E-state index in [2.05, 4.69) is 20.5 Å². The van der Waals surface area contributed by atoms with E-state index in [-0.39, 0.29) is 72.1 Å². The van der Waals surface area contributed by atoms with Crippen LogP contribution in [0, 0.1) is 0 Å². The quantitative estimate of drug-likeness (QED) is 0.244. The normalized spacial score (nSPS) is 15.4. The Kier molecular flexibility index (Phi) is 9.21. The van der Waals surface area contributed by atoms with Crippen molar-refractivity contribution in [2.75, 3.05) is 42.9 Å². The number of piperazine rings is 1. The highest BCUT2D eigenvalue weighted by molar-refractivity contribution is 6.44. The van der Waals surface area contributed by atoms with E-state index in [0.717, 1.165) is 33.6 Å². The van der Waals surface area contributed by atoms with Gasteiger partial charge in [0.05, 0.1) is 33.7 Å². The van der Waals surface area contributed by atoms with Gasteiger partial charge >= 0.3 is 6.18 Å². The van der Waals surface area contributed by atoms with Crippen molar-refractivity contribution in [2.24, 2.45) is 12.0 Å². The average molecular weight is 751 g/mol. The monoisotopic (exact) mass is 750 g/mol. The minimum absolute atomic E-state index is 0.0233. The molecule has 0 spiro atoms. The predicted octanol–water partition coefficient (Wildman–Crippen LogP) is 4.64. The molecule has 2 aliphatic rings. The van der Waals surface area contributed by atoms with Crippen LogP contribution in [0.25, 0.3) is 28.1 Å². The molecule has 0 bridgehead atoms. The molecule has 18 heteroatoms. The molecule has 276 valence electrons. The molecule has 2 aliphatic heterocycles. The second kappa shape index (κ2) is 13.7. The molecule has 0 aliphatic carbocycles. The minimum Gasteiger partial charge on any atom is -0.506 e. The third-order valence-electron chi connectivity index (χ3n) is 9.54. The standard InChI is InChI=1S/C35H34ClF3N10O4/c1-4-25-29(46-12-14-47(15-13-46)32(52)28-30(51)19(2)10-11-40-28)33(53)49-34(43-31(44-49)21-6-5-7-26-22(21)17-41-45(26)3)48(25)18-27(50)42-24-9-8-20(16-23(24)36)35(37,38)39/h5-9,16-17,51H,4,10-15,18H2,1-3H3,(H,42,50). The number of aryl methyl sites for hydroxylation is 1. The number of amides is 2. The molecule has 1 saturated heterocycles. The van der Waals surface area contributed by atoms with Gasteiger partial charge < -0.3 is 24.8 Å². The number of dihydropyridines is 1. The van der Waals surface area contributed by atoms with Gasteiger partial charge in [0.15, 0.2) is 11.5 Å². The summed E-state index contributed by atoms with van der Waals surface area (Å²) >= 11 is 6.15. The third-order valence-corrected chi connectivity index (χ3v) is 9.85. The predicted molar refractivity (Wildman–Crippen MR) is 192 cm³/mol. The fourth-order valence-electron chi connectivity index (χ4n) is 6.72. The van der Waals surface area contributed by atoms with Crippen LogP contribution in [0.3, 0.4) is 0 Å². The first kappa shape index (κ1) is 35.7. The third kappa shape index (κ3) is 6.49. The number of alkyl halides is 3. The van der Waals surface area contributed by atoms with E-state index in [1.54, 1.807) is 40.4 Å². The highest BCUT2D eigenvalue weighted by Gasteiger charge is 2.33. The van der Waals surface area contributed by atoms with Gasteiger partial charge in [-0.3, -0.25) is 24.1 Å². The summed E-state index contributed by atoms with van der Waals surface area (Å²) in [6.07, 6.45) is -2.10. The number of aromatic nitrogens is 6. The lowest BCUT2D eigenvalue weighted by molar-refractivity contribution is -0.137. The summed E-state index contributed by atoms with van der Waals surface area (Å²) in [5, 5.41) is 22.5. The first-order valence-electron chi connectivity index (χ1n) is 16.8. The maximum atomic E-state index is 14.4. The van der Waals surface area contributed by atoms with Crippen molar-refractivity contribution in [1.82, 2.24) is 33.8 Å². The van der Waals surface area contributed by atoms with Crippen molar-refractivity contribution in [2.45, 2.75) is 39.4 Å². The summed E-state index contributed by atoms with van der Waals surface area (Å²) in [6, 6.07) is 8.14. The summed E-state index contributed by atoms with van der Waals surface area (Å²) in [4.78, 5) is 53.8. The van der Waals surface area contributed by atoms with Crippen molar-refractivity contribution in [3.63, 3.8) is 0 Å². The molecule has 0 unspecified atom stereocenters. The molecule has 2 N–H and O–H groups in total. The Morgan fingerprint density at radius 3 is 2.55 bits per heavy atom. The van der Waals surface area contributed by atoms with E-state index in [4.69, 9.17) is 16.6 Å². The fraction of sp³-hybridized carbons (Fsp3) is 0.343. The van der Waals surface area contributed by atoms with Gasteiger partial charge in [-0.1, -0.05) is 30.7 Å². The van der Waals surface area contributed by atoms with Crippen LogP contribution in [-0.4, -0.2) is 89.2 Å². The number of rotatable bonds is 7. The Morgan fingerprint density at radius 2 is 1.85 bits per heavy atom. The molecular weight excluding hydrogens is 717 g/mol. The maximum Gasteiger partial charge on any atom is 0.416 e. The number of nitrogens with one attached hydrogen (secondary N) is 1. The van der Waals surface area contributed by atoms with Gasteiger partial charge in [0.25, 0.3) is 11.5 Å². The van der Waals surface area contributed by atoms with Gasteiger partial charge in [0.2, 0.25) is 11.7 Å². The molecule has 0 saturated carbocycles. The molecule has 0 atom stereocenters. The first-order chi connectivity index (χ1) is 25.3. The van der Waals surface area contributed by atoms with Gasteiger partial charge in [-0.25, -0.2) is 0 Å². The summed E-state index contributed by atoms with van der Waals surface area (Å²) in [7, 11) is 1.80. The number of carbonyl (C=O) groups is 2. The summed E-state index contributed by atoms with van der Waals surface area (Å²) in [5.74, 6) is -0.851. The molecule has 14 nitrogen and oxygen atoms in total. The average Bonchev–Trinajstić information content (AvgIpc) is 3.75. The molecule has 2 amide bonds. The van der Waals surface area contributed by atoms with Crippen LogP contribution in [0.15, 0.2) is 63.7 Å². The molecule has 5 aromatic rings. The summed E-state index contributed by atoms with van der Waals surface area (Å²) < 4.78 is 44.2. The summed E-state index contributed by atoms with van der Waals surface area (Å²) in [5.41, 5.74) is 1.39. The number of halogens is 4. The van der Waals surface area contributed by atoms with Crippen molar-refractivity contribution in [3.8, 4) is 11.4 Å². The Hall–Kier alpha value is -5.71. The van der Waals surface area contributed by atoms with Crippen LogP contribution in [0.2, 0.25) is 5.02 Å². The molecule has 53 heavy (non-hydrogen) atoms. The van der Waals surface area contributed by atoms with E-state index in [1.807, 2.05) is 24.0 Å². The Morgan fingerprint density at radius 1 is 1.09 bits per heavy atom. The van der Waals surface area contributed by atoms with Crippen LogP contribution in [0.5, 0.6) is 0 Å². The topological polar surface area (TPSA) is 155 Å². The van der Waals surface area contributed by atoms with Crippen LogP contribution >= 0.6 is 11.6 Å². The van der Waals surface area contributed by atoms with E-state index in [9.17, 15) is 32.7 Å². The van der Waals surface area contributed by atoms with Crippen LogP contribution < -0.4 is 15.8 Å². The lowest BCUT2D eigenvalue weighted by Gasteiger charge is -2.37. The van der Waals surface area contributed by atoms with Crippen LogP contribution in [-0.2, 0) is 35.8 Å². The van der Waals surface area contributed by atoms with Crippen LogP contribution in [0.1, 0.15) is 31.5 Å². The lowest BCUT2D eigenvalue weighted by Crippen LogP contribution is -2.52. The number of carbonyl (C=O) groups excluding carboxylic acids is 2. The molecule has 0 radical (unpaired) electrons. The van der Waals surface area contributed by atoms with E-state index in [0.29, 0.717) is 29.8 Å². The molecule has 1 fully saturated rings. The van der Waals surface area contributed by atoms with Crippen molar-refractivity contribution < 1.29 is 27.9 Å². The highest BCUT2D eigenvalue weighted by Crippen LogP contribution is 2.34. The number of aliphatic imine (C=N–C) groups is 1. The molecule has 5 heterocycles. The van der Waals surface area contributed by atoms with Gasteiger partial charge in [0.1, 0.15) is 18.0 Å². The van der Waals surface area contributed by atoms with Gasteiger partial charge in [-0.2, -0.15) is 27.8 Å². The van der Waals surface area contributed by atoms with Crippen molar-refractivity contribution in [1.29, 1.82) is 0 Å². The van der Waals surface area contributed by atoms with Crippen LogP contribution in [0.4, 0.5) is 24.5 Å². The Bertz CT molecular complexity index is 2420. The van der Waals surface area contributed by atoms with E-state index < -0.39 is 35.7 Å². The largest absolute Gasteiger partial charge is 0.506 e. The molecule has 7 rings (SSSR count). The van der Waals surface area contributed by atoms with Gasteiger partial charge in [0, 0.05) is 50.7 Å². The minimum atomic E-state index is -4.62. The zero-order chi connectivity index (χ0) is 37.8. The summed E-state index contributed by atoms with van der Waals surface area (Å²) in [6.45, 7) is 4.54. The van der Waals surface area contributed by atoms with E-state index in [1.165, 1.54) is 0 Å². The van der Waals surface area contributed by atoms with Crippen molar-refractivity contribution >= 4 is 57.2 Å². The number of aliphatic hydroxyl groups excluding tert-OH is 1. The number of benzene rings is 2. The SMILES string of the molecule is CCc1c(N2CCN(C(=O)C3=NCCC(C)=C3O)CC2)c(=O)n2nc(-c3cccc4c3cnn4C)nc2n1CC(=O)Nc1ccc(C(F)(F)F)cc1Cl. The number of hydrogen-bond donors (Lipinski definition) is 2. The fourth-order valence-corrected chi connectivity index (χ4v) is 6.95. The highest BCUT2D eigenvalue weighted by atomic mass is 35.5. The van der Waals surface area contributed by atoms with Gasteiger partial charge in [-0.05, 0) is 49.6 Å². The van der Waals surface area contributed by atoms with E-state index >= 15 is 0 Å². The number of anilines is 2. The van der Waals surface area contributed by atoms with Crippen molar-refractivity contribution in [3.05, 3.63) is 80.6 Å². The lowest BCUT2D eigenvalue weighted by atomic mass is 10.1.